The van der Waals surface area contributed by atoms with Crippen LogP contribution in [0, 0.1) is 0 Å². The lowest BCUT2D eigenvalue weighted by Crippen LogP contribution is -2.41. The Balaban J connectivity index is 2.11. The molecule has 1 aliphatic rings. The number of rotatable bonds is 2. The molecule has 5 nitrogen and oxygen atoms in total. The number of carbonyl (C=O) groups is 1. The SMILES string of the molecule is CC1OCCC1N(C)C(=O)c1cnc(Cl)cn1. The van der Waals surface area contributed by atoms with E-state index in [-0.39, 0.29) is 23.2 Å². The first kappa shape index (κ1) is 12.3. The molecule has 1 aliphatic heterocycles. The van der Waals surface area contributed by atoms with E-state index in [0.29, 0.717) is 12.3 Å². The van der Waals surface area contributed by atoms with E-state index in [0.717, 1.165) is 6.42 Å². The second-order valence-corrected chi connectivity index (χ2v) is 4.46. The summed E-state index contributed by atoms with van der Waals surface area (Å²) in [7, 11) is 1.76. The zero-order valence-corrected chi connectivity index (χ0v) is 10.5. The predicted octanol–water partition coefficient (Wildman–Crippen LogP) is 1.38. The maximum Gasteiger partial charge on any atom is 0.274 e. The Kier molecular flexibility index (Phi) is 3.59. The zero-order chi connectivity index (χ0) is 12.4. The van der Waals surface area contributed by atoms with Crippen LogP contribution in [0.3, 0.4) is 0 Å². The highest BCUT2D eigenvalue weighted by atomic mass is 35.5. The summed E-state index contributed by atoms with van der Waals surface area (Å²) in [6.07, 6.45) is 3.67. The van der Waals surface area contributed by atoms with Gasteiger partial charge in [-0.1, -0.05) is 11.6 Å². The van der Waals surface area contributed by atoms with Gasteiger partial charge in [-0.05, 0) is 13.3 Å². The van der Waals surface area contributed by atoms with Crippen LogP contribution in [0.15, 0.2) is 12.4 Å². The summed E-state index contributed by atoms with van der Waals surface area (Å²) >= 11 is 5.63. The van der Waals surface area contributed by atoms with Gasteiger partial charge in [0.15, 0.2) is 0 Å². The molecule has 0 spiro atoms. The van der Waals surface area contributed by atoms with Gasteiger partial charge < -0.3 is 9.64 Å². The first-order valence-corrected chi connectivity index (χ1v) is 5.83. The number of amides is 1. The number of hydrogen-bond acceptors (Lipinski definition) is 4. The van der Waals surface area contributed by atoms with Gasteiger partial charge in [-0.2, -0.15) is 0 Å². The van der Waals surface area contributed by atoms with Crippen molar-refractivity contribution < 1.29 is 9.53 Å². The third-order valence-corrected chi connectivity index (χ3v) is 3.19. The molecule has 1 fully saturated rings. The second kappa shape index (κ2) is 4.98. The highest BCUT2D eigenvalue weighted by molar-refractivity contribution is 6.29. The normalized spacial score (nSPS) is 23.7. The maximum atomic E-state index is 12.1. The summed E-state index contributed by atoms with van der Waals surface area (Å²) in [5, 5.41) is 0.279. The molecule has 0 aromatic carbocycles. The minimum Gasteiger partial charge on any atom is -0.376 e. The van der Waals surface area contributed by atoms with Crippen molar-refractivity contribution in [3.05, 3.63) is 23.2 Å². The van der Waals surface area contributed by atoms with Crippen LogP contribution in [-0.2, 0) is 4.74 Å². The monoisotopic (exact) mass is 255 g/mol. The van der Waals surface area contributed by atoms with Gasteiger partial charge in [0.05, 0.1) is 24.5 Å². The minimum absolute atomic E-state index is 0.0595. The molecule has 17 heavy (non-hydrogen) atoms. The van der Waals surface area contributed by atoms with Gasteiger partial charge in [-0.15, -0.1) is 0 Å². The number of carbonyl (C=O) groups excluding carboxylic acids is 1. The molecule has 2 heterocycles. The summed E-state index contributed by atoms with van der Waals surface area (Å²) < 4.78 is 5.44. The quantitative estimate of drug-likeness (QED) is 0.801. The van der Waals surface area contributed by atoms with Gasteiger partial charge in [0, 0.05) is 13.7 Å². The molecule has 1 saturated heterocycles. The Morgan fingerprint density at radius 1 is 1.53 bits per heavy atom. The molecule has 6 heteroatoms. The molecule has 0 bridgehead atoms. The van der Waals surface area contributed by atoms with Gasteiger partial charge in [0.25, 0.3) is 5.91 Å². The Bertz CT molecular complexity index is 410. The Morgan fingerprint density at radius 2 is 2.29 bits per heavy atom. The lowest BCUT2D eigenvalue weighted by atomic mass is 10.1. The van der Waals surface area contributed by atoms with Crippen LogP contribution < -0.4 is 0 Å². The minimum atomic E-state index is -0.156. The van der Waals surface area contributed by atoms with Crippen LogP contribution in [0.1, 0.15) is 23.8 Å². The van der Waals surface area contributed by atoms with E-state index >= 15 is 0 Å². The molecule has 92 valence electrons. The molecule has 0 aliphatic carbocycles. The van der Waals surface area contributed by atoms with E-state index < -0.39 is 0 Å². The number of ether oxygens (including phenoxy) is 1. The molecule has 1 aromatic rings. The van der Waals surface area contributed by atoms with Crippen LogP contribution >= 0.6 is 11.6 Å². The van der Waals surface area contributed by atoms with Crippen molar-refractivity contribution in [1.29, 1.82) is 0 Å². The van der Waals surface area contributed by atoms with Crippen molar-refractivity contribution in [3.63, 3.8) is 0 Å². The average molecular weight is 256 g/mol. The van der Waals surface area contributed by atoms with Gasteiger partial charge in [0.1, 0.15) is 10.8 Å². The number of aromatic nitrogens is 2. The molecule has 0 N–H and O–H groups in total. The molecular weight excluding hydrogens is 242 g/mol. The number of halogens is 1. The van der Waals surface area contributed by atoms with Crippen LogP contribution in [0.4, 0.5) is 0 Å². The van der Waals surface area contributed by atoms with Crippen molar-refractivity contribution in [1.82, 2.24) is 14.9 Å². The van der Waals surface area contributed by atoms with Crippen molar-refractivity contribution in [2.75, 3.05) is 13.7 Å². The topological polar surface area (TPSA) is 55.3 Å². The third kappa shape index (κ3) is 2.56. The standard InChI is InChI=1S/C11H14ClN3O2/c1-7-9(3-4-17-7)15(2)11(16)8-5-14-10(12)6-13-8/h5-7,9H,3-4H2,1-2H3. The molecule has 0 saturated carbocycles. The van der Waals surface area contributed by atoms with Crippen molar-refractivity contribution in [2.45, 2.75) is 25.5 Å². The van der Waals surface area contributed by atoms with E-state index in [4.69, 9.17) is 16.3 Å². The van der Waals surface area contributed by atoms with E-state index in [9.17, 15) is 4.79 Å². The Labute approximate surface area is 105 Å². The summed E-state index contributed by atoms with van der Waals surface area (Å²) in [4.78, 5) is 21.6. The molecule has 2 rings (SSSR count). The average Bonchev–Trinajstić information content (AvgIpc) is 2.74. The van der Waals surface area contributed by atoms with Crippen LogP contribution in [0.5, 0.6) is 0 Å². The number of hydrogen-bond donors (Lipinski definition) is 0. The predicted molar refractivity (Wildman–Crippen MR) is 63.0 cm³/mol. The second-order valence-electron chi connectivity index (χ2n) is 4.07. The maximum absolute atomic E-state index is 12.1. The van der Waals surface area contributed by atoms with Gasteiger partial charge >= 0.3 is 0 Å². The largest absolute Gasteiger partial charge is 0.376 e. The van der Waals surface area contributed by atoms with Crippen LogP contribution in [0.2, 0.25) is 5.15 Å². The van der Waals surface area contributed by atoms with E-state index in [2.05, 4.69) is 9.97 Å². The molecule has 2 unspecified atom stereocenters. The van der Waals surface area contributed by atoms with Crippen molar-refractivity contribution in [2.24, 2.45) is 0 Å². The summed E-state index contributed by atoms with van der Waals surface area (Å²) in [6, 6.07) is 0.0972. The van der Waals surface area contributed by atoms with Crippen LogP contribution in [0.25, 0.3) is 0 Å². The first-order valence-electron chi connectivity index (χ1n) is 5.46. The summed E-state index contributed by atoms with van der Waals surface area (Å²) in [5.41, 5.74) is 0.302. The molecule has 1 amide bonds. The molecular formula is C11H14ClN3O2. The zero-order valence-electron chi connectivity index (χ0n) is 9.76. The van der Waals surface area contributed by atoms with Gasteiger partial charge in [-0.25, -0.2) is 9.97 Å². The highest BCUT2D eigenvalue weighted by Crippen LogP contribution is 2.19. The third-order valence-electron chi connectivity index (χ3n) is 2.99. The fourth-order valence-corrected chi connectivity index (χ4v) is 2.08. The summed E-state index contributed by atoms with van der Waals surface area (Å²) in [5.74, 6) is -0.156. The number of likely N-dealkylation sites (N-methyl/N-ethyl adjacent to an activating group) is 1. The van der Waals surface area contributed by atoms with E-state index in [1.54, 1.807) is 11.9 Å². The fraction of sp³-hybridized carbons (Fsp3) is 0.545. The van der Waals surface area contributed by atoms with Crippen LogP contribution in [-0.4, -0.2) is 46.6 Å². The lowest BCUT2D eigenvalue weighted by Gasteiger charge is -2.26. The lowest BCUT2D eigenvalue weighted by molar-refractivity contribution is 0.0569. The molecule has 2 atom stereocenters. The van der Waals surface area contributed by atoms with Crippen molar-refractivity contribution in [3.8, 4) is 0 Å². The highest BCUT2D eigenvalue weighted by Gasteiger charge is 2.31. The summed E-state index contributed by atoms with van der Waals surface area (Å²) in [6.45, 7) is 2.66. The van der Waals surface area contributed by atoms with Crippen molar-refractivity contribution >= 4 is 17.5 Å². The van der Waals surface area contributed by atoms with Gasteiger partial charge in [0.2, 0.25) is 0 Å². The molecule has 1 aromatic heterocycles. The Morgan fingerprint density at radius 3 is 2.82 bits per heavy atom. The fourth-order valence-electron chi connectivity index (χ4n) is 1.98. The van der Waals surface area contributed by atoms with Gasteiger partial charge in [-0.3, -0.25) is 4.79 Å². The Hall–Kier alpha value is -1.20. The first-order chi connectivity index (χ1) is 8.09. The number of nitrogens with zero attached hydrogens (tertiary/aromatic N) is 3. The van der Waals surface area contributed by atoms with E-state index in [1.807, 2.05) is 6.92 Å². The van der Waals surface area contributed by atoms with E-state index in [1.165, 1.54) is 12.4 Å². The smallest absolute Gasteiger partial charge is 0.274 e. The molecule has 0 radical (unpaired) electrons.